The molecule has 2 N–H and O–H groups in total. The first kappa shape index (κ1) is 23.0. The molecule has 2 amide bonds. The number of nitrogens with one attached hydrogen (secondary N) is 2. The fraction of sp³-hybridized carbons (Fsp3) is 0.308. The minimum absolute atomic E-state index is 0.00976. The van der Waals surface area contributed by atoms with Crippen LogP contribution in [-0.2, 0) is 9.53 Å². The van der Waals surface area contributed by atoms with E-state index in [1.165, 1.54) is 11.3 Å². The van der Waals surface area contributed by atoms with E-state index in [9.17, 15) is 9.59 Å². The molecule has 1 aliphatic heterocycles. The molecule has 2 aromatic carbocycles. The van der Waals surface area contributed by atoms with Crippen molar-refractivity contribution in [1.82, 2.24) is 0 Å². The van der Waals surface area contributed by atoms with Crippen LogP contribution in [0.25, 0.3) is 11.1 Å². The second-order valence-corrected chi connectivity index (χ2v) is 9.50. The molecule has 0 radical (unpaired) electrons. The summed E-state index contributed by atoms with van der Waals surface area (Å²) in [5.41, 5.74) is 3.56. The lowest BCUT2D eigenvalue weighted by Gasteiger charge is -2.28. The van der Waals surface area contributed by atoms with Gasteiger partial charge in [-0.2, -0.15) is 0 Å². The summed E-state index contributed by atoms with van der Waals surface area (Å²) < 4.78 is 5.51. The largest absolute Gasteiger partial charge is 0.378 e. The Morgan fingerprint density at radius 1 is 0.970 bits per heavy atom. The normalized spacial score (nSPS) is 13.7. The first-order chi connectivity index (χ1) is 16.0. The number of carbonyl (C=O) groups excluding carboxylic acids is 2. The number of amides is 2. The quantitative estimate of drug-likeness (QED) is 0.486. The lowest BCUT2D eigenvalue weighted by molar-refractivity contribution is -0.116. The summed E-state index contributed by atoms with van der Waals surface area (Å²) in [6, 6.07) is 19.3. The highest BCUT2D eigenvalue weighted by molar-refractivity contribution is 7.18. The molecule has 0 aliphatic carbocycles. The average molecular weight is 464 g/mol. The van der Waals surface area contributed by atoms with Crippen molar-refractivity contribution in [3.05, 3.63) is 65.5 Å². The molecular weight excluding hydrogens is 434 g/mol. The van der Waals surface area contributed by atoms with Crippen LogP contribution >= 0.6 is 11.3 Å². The first-order valence-corrected chi connectivity index (χ1v) is 12.0. The van der Waals surface area contributed by atoms with Gasteiger partial charge in [0.1, 0.15) is 0 Å². The Morgan fingerprint density at radius 3 is 2.24 bits per heavy atom. The van der Waals surface area contributed by atoms with Crippen LogP contribution in [0.1, 0.15) is 29.9 Å². The third-order valence-electron chi connectivity index (χ3n) is 5.34. The first-order valence-electron chi connectivity index (χ1n) is 11.2. The zero-order valence-corrected chi connectivity index (χ0v) is 19.8. The van der Waals surface area contributed by atoms with Gasteiger partial charge in [0.2, 0.25) is 5.91 Å². The Balaban J connectivity index is 1.50. The van der Waals surface area contributed by atoms with Gasteiger partial charge in [-0.1, -0.05) is 44.2 Å². The molecule has 6 nitrogen and oxygen atoms in total. The van der Waals surface area contributed by atoms with Crippen LogP contribution in [0.4, 0.5) is 16.4 Å². The van der Waals surface area contributed by atoms with Gasteiger partial charge in [0.25, 0.3) is 5.91 Å². The van der Waals surface area contributed by atoms with Crippen molar-refractivity contribution in [2.75, 3.05) is 41.8 Å². The Kier molecular flexibility index (Phi) is 7.42. The van der Waals surface area contributed by atoms with Crippen LogP contribution in [0.15, 0.2) is 60.7 Å². The van der Waals surface area contributed by atoms with Gasteiger partial charge in [0.05, 0.1) is 23.1 Å². The predicted molar refractivity (Wildman–Crippen MR) is 135 cm³/mol. The van der Waals surface area contributed by atoms with E-state index in [1.54, 1.807) is 24.3 Å². The second kappa shape index (κ2) is 10.6. The van der Waals surface area contributed by atoms with E-state index in [0.717, 1.165) is 34.9 Å². The molecule has 0 spiro atoms. The summed E-state index contributed by atoms with van der Waals surface area (Å²) in [6.45, 7) is 7.02. The molecular formula is C26H29N3O3S. The second-order valence-electron chi connectivity index (χ2n) is 8.47. The Hall–Kier alpha value is -3.16. The van der Waals surface area contributed by atoms with E-state index in [0.29, 0.717) is 36.1 Å². The van der Waals surface area contributed by atoms with Crippen LogP contribution in [0.2, 0.25) is 0 Å². The highest BCUT2D eigenvalue weighted by Crippen LogP contribution is 2.39. The van der Waals surface area contributed by atoms with Crippen LogP contribution < -0.4 is 15.5 Å². The molecule has 1 aliphatic rings. The summed E-state index contributed by atoms with van der Waals surface area (Å²) in [6.07, 6.45) is 0.478. The molecule has 3 aromatic rings. The number of ether oxygens (including phenoxy) is 1. The monoisotopic (exact) mass is 463 g/mol. The molecule has 0 saturated carbocycles. The van der Waals surface area contributed by atoms with Gasteiger partial charge in [0, 0.05) is 36.4 Å². The van der Waals surface area contributed by atoms with Gasteiger partial charge in [-0.3, -0.25) is 9.59 Å². The van der Waals surface area contributed by atoms with Crippen LogP contribution in [0.5, 0.6) is 0 Å². The Morgan fingerprint density at radius 2 is 1.61 bits per heavy atom. The van der Waals surface area contributed by atoms with Gasteiger partial charge in [-0.25, -0.2) is 0 Å². The number of morpholine rings is 1. The minimum Gasteiger partial charge on any atom is -0.378 e. The molecule has 7 heteroatoms. The van der Waals surface area contributed by atoms with E-state index < -0.39 is 0 Å². The predicted octanol–water partition coefficient (Wildman–Crippen LogP) is 5.49. The molecule has 0 bridgehead atoms. The fourth-order valence-electron chi connectivity index (χ4n) is 3.73. The van der Waals surface area contributed by atoms with Crippen LogP contribution in [0, 0.1) is 5.92 Å². The number of carbonyl (C=O) groups is 2. The summed E-state index contributed by atoms with van der Waals surface area (Å²) in [4.78, 5) is 28.0. The lowest BCUT2D eigenvalue weighted by Crippen LogP contribution is -2.35. The third kappa shape index (κ3) is 6.00. The smallest absolute Gasteiger partial charge is 0.265 e. The zero-order chi connectivity index (χ0) is 23.2. The molecule has 1 saturated heterocycles. The summed E-state index contributed by atoms with van der Waals surface area (Å²) >= 11 is 1.51. The van der Waals surface area contributed by atoms with Crippen molar-refractivity contribution in [2.45, 2.75) is 20.3 Å². The number of nitrogens with zero attached hydrogens (tertiary/aromatic N) is 1. The highest BCUT2D eigenvalue weighted by atomic mass is 32.1. The standard InChI is InChI=1S/C26H29N3O3S/c1-18(2)16-24(30)27-20-8-10-21(11-9-20)28-25(31)23-17-22(19-6-4-3-5-7-19)26(33-23)29-12-14-32-15-13-29/h3-11,17-18H,12-16H2,1-2H3,(H,27,30)(H,28,31). The van der Waals surface area contributed by atoms with E-state index >= 15 is 0 Å². The molecule has 33 heavy (non-hydrogen) atoms. The van der Waals surface area contributed by atoms with Crippen molar-refractivity contribution < 1.29 is 14.3 Å². The number of thiophene rings is 1. The topological polar surface area (TPSA) is 70.7 Å². The number of hydrogen-bond acceptors (Lipinski definition) is 5. The summed E-state index contributed by atoms with van der Waals surface area (Å²) in [5, 5.41) is 6.96. The average Bonchev–Trinajstić information content (AvgIpc) is 3.27. The number of rotatable bonds is 7. The maximum atomic E-state index is 13.1. The van der Waals surface area contributed by atoms with Gasteiger partial charge in [0.15, 0.2) is 0 Å². The zero-order valence-electron chi connectivity index (χ0n) is 19.0. The maximum absolute atomic E-state index is 13.1. The SMILES string of the molecule is CC(C)CC(=O)Nc1ccc(NC(=O)c2cc(-c3ccccc3)c(N3CCOCC3)s2)cc1. The molecule has 4 rings (SSSR count). The van der Waals surface area contributed by atoms with Crippen molar-refractivity contribution in [1.29, 1.82) is 0 Å². The number of anilines is 3. The molecule has 1 fully saturated rings. The number of hydrogen-bond donors (Lipinski definition) is 2. The maximum Gasteiger partial charge on any atom is 0.265 e. The Bertz CT molecular complexity index is 1090. The molecule has 0 unspecified atom stereocenters. The third-order valence-corrected chi connectivity index (χ3v) is 6.53. The minimum atomic E-state index is -0.145. The van der Waals surface area contributed by atoms with Crippen molar-refractivity contribution in [2.24, 2.45) is 5.92 Å². The van der Waals surface area contributed by atoms with E-state index in [1.807, 2.05) is 38.1 Å². The van der Waals surface area contributed by atoms with Crippen molar-refractivity contribution in [3.63, 3.8) is 0 Å². The van der Waals surface area contributed by atoms with Gasteiger partial charge in [-0.15, -0.1) is 11.3 Å². The summed E-state index contributed by atoms with van der Waals surface area (Å²) in [5.74, 6) is 0.148. The molecule has 2 heterocycles. The van der Waals surface area contributed by atoms with Crippen LogP contribution in [-0.4, -0.2) is 38.1 Å². The van der Waals surface area contributed by atoms with E-state index in [2.05, 4.69) is 27.7 Å². The van der Waals surface area contributed by atoms with Crippen molar-refractivity contribution in [3.8, 4) is 11.1 Å². The van der Waals surface area contributed by atoms with Crippen molar-refractivity contribution >= 4 is 39.5 Å². The highest BCUT2D eigenvalue weighted by Gasteiger charge is 2.22. The molecule has 1 aromatic heterocycles. The van der Waals surface area contributed by atoms with E-state index in [-0.39, 0.29) is 11.8 Å². The van der Waals surface area contributed by atoms with Crippen LogP contribution in [0.3, 0.4) is 0 Å². The summed E-state index contributed by atoms with van der Waals surface area (Å²) in [7, 11) is 0. The fourth-order valence-corrected chi connectivity index (χ4v) is 4.86. The Labute approximate surface area is 198 Å². The molecule has 172 valence electrons. The van der Waals surface area contributed by atoms with Gasteiger partial charge in [-0.05, 0) is 41.8 Å². The molecule has 0 atom stereocenters. The number of benzene rings is 2. The lowest BCUT2D eigenvalue weighted by atomic mass is 10.1. The van der Waals surface area contributed by atoms with Gasteiger partial charge < -0.3 is 20.3 Å². The van der Waals surface area contributed by atoms with E-state index in [4.69, 9.17) is 4.74 Å². The van der Waals surface area contributed by atoms with Gasteiger partial charge >= 0.3 is 0 Å².